The first-order chi connectivity index (χ1) is 9.49. The van der Waals surface area contributed by atoms with Crippen LogP contribution < -0.4 is 9.64 Å². The molecule has 20 heavy (non-hydrogen) atoms. The fraction of sp³-hybridized carbons (Fsp3) is 0.588. The molecule has 2 rings (SSSR count). The van der Waals surface area contributed by atoms with Gasteiger partial charge < -0.3 is 9.64 Å². The summed E-state index contributed by atoms with van der Waals surface area (Å²) in [4.78, 5) is 14.4. The molecule has 0 radical (unpaired) electrons. The molecule has 0 unspecified atom stereocenters. The number of anilines is 1. The Morgan fingerprint density at radius 2 is 2.15 bits per heavy atom. The van der Waals surface area contributed by atoms with Crippen LogP contribution in [0.5, 0.6) is 5.75 Å². The maximum Gasteiger partial charge on any atom is 0.229 e. The highest BCUT2D eigenvalue weighted by Crippen LogP contribution is 2.43. The normalized spacial score (nSPS) is 18.1. The number of benzene rings is 1. The van der Waals surface area contributed by atoms with Gasteiger partial charge >= 0.3 is 0 Å². The summed E-state index contributed by atoms with van der Waals surface area (Å²) in [5, 5.41) is 0. The molecule has 0 bridgehead atoms. The summed E-state index contributed by atoms with van der Waals surface area (Å²) in [6, 6.07) is 4.20. The van der Waals surface area contributed by atoms with Crippen LogP contribution in [-0.4, -0.2) is 19.6 Å². The number of carbonyl (C=O) groups excluding carboxylic acids is 1. The van der Waals surface area contributed by atoms with Crippen molar-refractivity contribution in [2.24, 2.45) is 5.92 Å². The summed E-state index contributed by atoms with van der Waals surface area (Å²) in [7, 11) is 1.71. The number of ether oxygens (including phenoxy) is 1. The third-order valence-corrected chi connectivity index (χ3v) is 4.14. The van der Waals surface area contributed by atoms with Crippen LogP contribution in [0.15, 0.2) is 12.1 Å². The molecule has 0 saturated carbocycles. The standard InChI is InChI=1S/C17H25NO2/c1-6-13-7-8-18(17(19)11(2)3)14-9-12(4)10-15(20-5)16(13)14/h9-11,13H,6-8H2,1-5H3/t13-/m1/s1. The van der Waals surface area contributed by atoms with Crippen molar-refractivity contribution in [3.05, 3.63) is 23.3 Å². The quantitative estimate of drug-likeness (QED) is 0.837. The van der Waals surface area contributed by atoms with E-state index >= 15 is 0 Å². The largest absolute Gasteiger partial charge is 0.496 e. The van der Waals surface area contributed by atoms with Gasteiger partial charge in [0.15, 0.2) is 0 Å². The minimum Gasteiger partial charge on any atom is -0.496 e. The lowest BCUT2D eigenvalue weighted by Gasteiger charge is -2.36. The van der Waals surface area contributed by atoms with E-state index in [0.717, 1.165) is 36.4 Å². The lowest BCUT2D eigenvalue weighted by Crippen LogP contribution is -2.39. The molecule has 1 aromatic carbocycles. The molecule has 0 saturated heterocycles. The van der Waals surface area contributed by atoms with Gasteiger partial charge in [0.1, 0.15) is 5.75 Å². The molecule has 0 fully saturated rings. The smallest absolute Gasteiger partial charge is 0.229 e. The lowest BCUT2D eigenvalue weighted by molar-refractivity contribution is -0.121. The topological polar surface area (TPSA) is 29.5 Å². The highest BCUT2D eigenvalue weighted by Gasteiger charge is 2.31. The minimum atomic E-state index is 0.0209. The van der Waals surface area contributed by atoms with Gasteiger partial charge in [-0.3, -0.25) is 4.79 Å². The SMILES string of the molecule is CC[C@@H]1CCN(C(=O)C(C)C)c2cc(C)cc(OC)c21. The number of methoxy groups -OCH3 is 1. The van der Waals surface area contributed by atoms with Crippen LogP contribution in [0.1, 0.15) is 50.7 Å². The monoisotopic (exact) mass is 275 g/mol. The Morgan fingerprint density at radius 1 is 1.45 bits per heavy atom. The number of hydrogen-bond donors (Lipinski definition) is 0. The summed E-state index contributed by atoms with van der Waals surface area (Å²) in [5.41, 5.74) is 3.40. The van der Waals surface area contributed by atoms with E-state index < -0.39 is 0 Å². The number of carbonyl (C=O) groups is 1. The third kappa shape index (κ3) is 2.54. The predicted molar refractivity (Wildman–Crippen MR) is 82.6 cm³/mol. The van der Waals surface area contributed by atoms with Crippen molar-refractivity contribution in [1.29, 1.82) is 0 Å². The lowest BCUT2D eigenvalue weighted by atomic mass is 9.86. The molecule has 1 amide bonds. The molecular weight excluding hydrogens is 250 g/mol. The summed E-state index contributed by atoms with van der Waals surface area (Å²) in [6.07, 6.45) is 2.09. The Kier molecular flexibility index (Phi) is 4.36. The molecule has 0 N–H and O–H groups in total. The first-order valence-corrected chi connectivity index (χ1v) is 7.49. The highest BCUT2D eigenvalue weighted by atomic mass is 16.5. The molecule has 1 heterocycles. The molecule has 1 aliphatic rings. The van der Waals surface area contributed by atoms with E-state index in [1.165, 1.54) is 5.56 Å². The molecule has 0 spiro atoms. The second kappa shape index (κ2) is 5.86. The van der Waals surface area contributed by atoms with Crippen molar-refractivity contribution in [3.63, 3.8) is 0 Å². The Balaban J connectivity index is 2.56. The van der Waals surface area contributed by atoms with E-state index in [4.69, 9.17) is 4.74 Å². The second-order valence-corrected chi connectivity index (χ2v) is 5.94. The number of hydrogen-bond acceptors (Lipinski definition) is 2. The first-order valence-electron chi connectivity index (χ1n) is 7.49. The number of fused-ring (bicyclic) bond motifs is 1. The van der Waals surface area contributed by atoms with Gasteiger partial charge in [0, 0.05) is 18.0 Å². The molecular formula is C17H25NO2. The number of aryl methyl sites for hydroxylation is 1. The van der Waals surface area contributed by atoms with Crippen molar-refractivity contribution in [2.45, 2.75) is 46.5 Å². The number of amides is 1. The Morgan fingerprint density at radius 3 is 2.70 bits per heavy atom. The molecule has 3 heteroatoms. The van der Waals surface area contributed by atoms with Gasteiger partial charge in [0.25, 0.3) is 0 Å². The van der Waals surface area contributed by atoms with Crippen LogP contribution in [0.3, 0.4) is 0 Å². The summed E-state index contributed by atoms with van der Waals surface area (Å²) < 4.78 is 5.58. The van der Waals surface area contributed by atoms with E-state index in [2.05, 4.69) is 26.0 Å². The van der Waals surface area contributed by atoms with Crippen LogP contribution in [-0.2, 0) is 4.79 Å². The van der Waals surface area contributed by atoms with Crippen LogP contribution in [0, 0.1) is 12.8 Å². The van der Waals surface area contributed by atoms with E-state index in [1.807, 2.05) is 18.7 Å². The van der Waals surface area contributed by atoms with Crippen LogP contribution in [0.2, 0.25) is 0 Å². The van der Waals surface area contributed by atoms with Crippen molar-refractivity contribution >= 4 is 11.6 Å². The van der Waals surface area contributed by atoms with E-state index in [0.29, 0.717) is 5.92 Å². The predicted octanol–water partition coefficient (Wildman–Crippen LogP) is 3.89. The van der Waals surface area contributed by atoms with Crippen molar-refractivity contribution in [3.8, 4) is 5.75 Å². The molecule has 0 aliphatic carbocycles. The summed E-state index contributed by atoms with van der Waals surface area (Å²) >= 11 is 0. The number of nitrogens with zero attached hydrogens (tertiary/aromatic N) is 1. The average molecular weight is 275 g/mol. The Labute approximate surface area is 121 Å². The van der Waals surface area contributed by atoms with Crippen molar-refractivity contribution in [2.75, 3.05) is 18.6 Å². The fourth-order valence-corrected chi connectivity index (χ4v) is 3.05. The third-order valence-electron chi connectivity index (χ3n) is 4.14. The van der Waals surface area contributed by atoms with Crippen LogP contribution in [0.25, 0.3) is 0 Å². The van der Waals surface area contributed by atoms with Gasteiger partial charge in [-0.2, -0.15) is 0 Å². The zero-order chi connectivity index (χ0) is 14.9. The number of rotatable bonds is 3. The average Bonchev–Trinajstić information content (AvgIpc) is 2.44. The van der Waals surface area contributed by atoms with Gasteiger partial charge in [0.05, 0.1) is 12.8 Å². The minimum absolute atomic E-state index is 0.0209. The fourth-order valence-electron chi connectivity index (χ4n) is 3.05. The van der Waals surface area contributed by atoms with Crippen LogP contribution in [0.4, 0.5) is 5.69 Å². The first kappa shape index (κ1) is 14.9. The second-order valence-electron chi connectivity index (χ2n) is 5.94. The maximum absolute atomic E-state index is 12.5. The zero-order valence-corrected chi connectivity index (χ0v) is 13.2. The van der Waals surface area contributed by atoms with E-state index in [1.54, 1.807) is 7.11 Å². The van der Waals surface area contributed by atoms with Gasteiger partial charge in [-0.1, -0.05) is 20.8 Å². The zero-order valence-electron chi connectivity index (χ0n) is 13.2. The molecule has 1 atom stereocenters. The Hall–Kier alpha value is -1.51. The van der Waals surface area contributed by atoms with Crippen molar-refractivity contribution in [1.82, 2.24) is 0 Å². The summed E-state index contributed by atoms with van der Waals surface area (Å²) in [6.45, 7) is 8.99. The van der Waals surface area contributed by atoms with Crippen LogP contribution >= 0.6 is 0 Å². The van der Waals surface area contributed by atoms with Gasteiger partial charge in [0.2, 0.25) is 5.91 Å². The van der Waals surface area contributed by atoms with Gasteiger partial charge in [-0.15, -0.1) is 0 Å². The molecule has 1 aromatic rings. The molecule has 110 valence electrons. The molecule has 1 aliphatic heterocycles. The van der Waals surface area contributed by atoms with Crippen molar-refractivity contribution < 1.29 is 9.53 Å². The maximum atomic E-state index is 12.5. The Bertz CT molecular complexity index is 508. The highest BCUT2D eigenvalue weighted by molar-refractivity contribution is 5.96. The molecule has 3 nitrogen and oxygen atoms in total. The van der Waals surface area contributed by atoms with Gasteiger partial charge in [-0.25, -0.2) is 0 Å². The van der Waals surface area contributed by atoms with E-state index in [-0.39, 0.29) is 11.8 Å². The van der Waals surface area contributed by atoms with Gasteiger partial charge in [-0.05, 0) is 43.4 Å². The molecule has 0 aromatic heterocycles. The summed E-state index contributed by atoms with van der Waals surface area (Å²) in [5.74, 6) is 1.63. The van der Waals surface area contributed by atoms with E-state index in [9.17, 15) is 4.79 Å².